The lowest BCUT2D eigenvalue weighted by Gasteiger charge is -2.31. The maximum atomic E-state index is 12.6. The van der Waals surface area contributed by atoms with Gasteiger partial charge < -0.3 is 5.11 Å². The van der Waals surface area contributed by atoms with E-state index in [0.717, 1.165) is 32.1 Å². The number of carbonyl (C=O) groups is 1. The SMILES string of the molecule is O=C(O)[C@@]12CCC[C@H]1CN(S(=O)(=O)N1CCCCC1)C2. The summed E-state index contributed by atoms with van der Waals surface area (Å²) in [6.07, 6.45) is 5.22. The molecule has 3 fully saturated rings. The summed E-state index contributed by atoms with van der Waals surface area (Å²) in [6.45, 7) is 1.68. The van der Waals surface area contributed by atoms with E-state index in [9.17, 15) is 18.3 Å². The first-order chi connectivity index (χ1) is 9.47. The number of fused-ring (bicyclic) bond motifs is 1. The summed E-state index contributed by atoms with van der Waals surface area (Å²) in [5.41, 5.74) is -0.830. The first kappa shape index (κ1) is 14.3. The fourth-order valence-corrected chi connectivity index (χ4v) is 5.84. The summed E-state index contributed by atoms with van der Waals surface area (Å²) in [7, 11) is -3.47. The third-order valence-corrected chi connectivity index (χ3v) is 7.18. The molecule has 0 aromatic rings. The maximum absolute atomic E-state index is 12.6. The van der Waals surface area contributed by atoms with Crippen LogP contribution in [0.4, 0.5) is 0 Å². The Morgan fingerprint density at radius 3 is 2.40 bits per heavy atom. The van der Waals surface area contributed by atoms with Crippen LogP contribution in [0.15, 0.2) is 0 Å². The van der Waals surface area contributed by atoms with Gasteiger partial charge in [-0.2, -0.15) is 17.0 Å². The standard InChI is InChI=1S/C13H22N2O4S/c16-12(17)13-6-4-5-11(13)9-15(10-13)20(18,19)14-7-2-1-3-8-14/h11H,1-10H2,(H,16,17)/t11-,13+/m0/s1. The van der Waals surface area contributed by atoms with Gasteiger partial charge in [-0.3, -0.25) is 4.79 Å². The average molecular weight is 302 g/mol. The summed E-state index contributed by atoms with van der Waals surface area (Å²) in [4.78, 5) is 11.6. The lowest BCUT2D eigenvalue weighted by molar-refractivity contribution is -0.149. The predicted octanol–water partition coefficient (Wildman–Crippen LogP) is 0.904. The Bertz CT molecular complexity index is 501. The summed E-state index contributed by atoms with van der Waals surface area (Å²) in [6, 6.07) is 0. The van der Waals surface area contributed by atoms with E-state index in [0.29, 0.717) is 26.1 Å². The fourth-order valence-electron chi connectivity index (χ4n) is 4.03. The van der Waals surface area contributed by atoms with Crippen molar-refractivity contribution in [2.75, 3.05) is 26.2 Å². The molecule has 0 amide bonds. The van der Waals surface area contributed by atoms with Crippen LogP contribution in [-0.2, 0) is 15.0 Å². The van der Waals surface area contributed by atoms with Crippen LogP contribution in [0.1, 0.15) is 38.5 Å². The minimum absolute atomic E-state index is 0.0143. The molecule has 1 aliphatic carbocycles. The Morgan fingerprint density at radius 2 is 1.80 bits per heavy atom. The van der Waals surface area contributed by atoms with E-state index in [2.05, 4.69) is 0 Å². The topological polar surface area (TPSA) is 77.9 Å². The first-order valence-electron chi connectivity index (χ1n) is 7.45. The minimum Gasteiger partial charge on any atom is -0.481 e. The van der Waals surface area contributed by atoms with Crippen molar-refractivity contribution in [1.29, 1.82) is 0 Å². The van der Waals surface area contributed by atoms with Gasteiger partial charge in [0.15, 0.2) is 0 Å². The third-order valence-electron chi connectivity index (χ3n) is 5.23. The van der Waals surface area contributed by atoms with E-state index in [4.69, 9.17) is 0 Å². The van der Waals surface area contributed by atoms with Crippen molar-refractivity contribution in [2.45, 2.75) is 38.5 Å². The largest absolute Gasteiger partial charge is 0.481 e. The van der Waals surface area contributed by atoms with Crippen molar-refractivity contribution in [3.8, 4) is 0 Å². The molecule has 3 rings (SSSR count). The highest BCUT2D eigenvalue weighted by Gasteiger charge is 2.57. The molecule has 2 heterocycles. The molecular formula is C13H22N2O4S. The predicted molar refractivity (Wildman–Crippen MR) is 73.3 cm³/mol. The van der Waals surface area contributed by atoms with Crippen molar-refractivity contribution in [2.24, 2.45) is 11.3 Å². The van der Waals surface area contributed by atoms with Crippen LogP contribution in [0.25, 0.3) is 0 Å². The molecule has 1 saturated carbocycles. The van der Waals surface area contributed by atoms with Gasteiger partial charge in [-0.15, -0.1) is 0 Å². The van der Waals surface area contributed by atoms with Crippen LogP contribution < -0.4 is 0 Å². The van der Waals surface area contributed by atoms with Crippen molar-refractivity contribution >= 4 is 16.2 Å². The zero-order valence-corrected chi connectivity index (χ0v) is 12.4. The van der Waals surface area contributed by atoms with E-state index in [1.807, 2.05) is 0 Å². The second kappa shape index (κ2) is 4.96. The minimum atomic E-state index is -3.47. The van der Waals surface area contributed by atoms with Crippen molar-refractivity contribution < 1.29 is 18.3 Å². The molecule has 0 aromatic carbocycles. The molecule has 0 bridgehead atoms. The molecular weight excluding hydrogens is 280 g/mol. The molecule has 2 aliphatic heterocycles. The summed E-state index contributed by atoms with van der Waals surface area (Å²) < 4.78 is 28.2. The molecule has 7 heteroatoms. The van der Waals surface area contributed by atoms with Gasteiger partial charge in [-0.1, -0.05) is 12.8 Å². The smallest absolute Gasteiger partial charge is 0.311 e. The molecule has 0 aromatic heterocycles. The molecule has 6 nitrogen and oxygen atoms in total. The molecule has 1 N–H and O–H groups in total. The maximum Gasteiger partial charge on any atom is 0.311 e. The van der Waals surface area contributed by atoms with Gasteiger partial charge in [-0.25, -0.2) is 0 Å². The zero-order valence-electron chi connectivity index (χ0n) is 11.6. The average Bonchev–Trinajstić information content (AvgIpc) is 2.97. The second-order valence-electron chi connectivity index (χ2n) is 6.31. The number of rotatable bonds is 3. The molecule has 0 radical (unpaired) electrons. The van der Waals surface area contributed by atoms with Crippen LogP contribution >= 0.6 is 0 Å². The van der Waals surface area contributed by atoms with Crippen LogP contribution in [0.3, 0.4) is 0 Å². The molecule has 3 aliphatic rings. The van der Waals surface area contributed by atoms with Crippen LogP contribution in [0.2, 0.25) is 0 Å². The summed E-state index contributed by atoms with van der Waals surface area (Å²) in [5.74, 6) is -0.837. The molecule has 2 saturated heterocycles. The van der Waals surface area contributed by atoms with Gasteiger partial charge in [-0.05, 0) is 31.6 Å². The van der Waals surface area contributed by atoms with Crippen molar-refractivity contribution in [1.82, 2.24) is 8.61 Å². The Morgan fingerprint density at radius 1 is 1.10 bits per heavy atom. The number of nitrogens with zero attached hydrogens (tertiary/aromatic N) is 2. The van der Waals surface area contributed by atoms with Crippen LogP contribution in [0, 0.1) is 11.3 Å². The third kappa shape index (κ3) is 2.07. The van der Waals surface area contributed by atoms with E-state index < -0.39 is 21.6 Å². The number of aliphatic carboxylic acids is 1. The van der Waals surface area contributed by atoms with E-state index >= 15 is 0 Å². The van der Waals surface area contributed by atoms with E-state index in [-0.39, 0.29) is 12.5 Å². The number of carboxylic acid groups (broad SMARTS) is 1. The monoisotopic (exact) mass is 302 g/mol. The summed E-state index contributed by atoms with van der Waals surface area (Å²) in [5, 5.41) is 9.53. The highest BCUT2D eigenvalue weighted by molar-refractivity contribution is 7.86. The van der Waals surface area contributed by atoms with Gasteiger partial charge in [0.1, 0.15) is 0 Å². The second-order valence-corrected chi connectivity index (χ2v) is 8.24. The van der Waals surface area contributed by atoms with Gasteiger partial charge in [0, 0.05) is 26.2 Å². The Hall–Kier alpha value is -0.660. The van der Waals surface area contributed by atoms with E-state index in [1.54, 1.807) is 0 Å². The van der Waals surface area contributed by atoms with Crippen LogP contribution in [-0.4, -0.2) is 54.3 Å². The van der Waals surface area contributed by atoms with Gasteiger partial charge in [0.25, 0.3) is 10.2 Å². The Balaban J connectivity index is 1.81. The Kier molecular flexibility index (Phi) is 3.54. The molecule has 0 unspecified atom stereocenters. The zero-order chi connectivity index (χ0) is 14.4. The molecule has 2 atom stereocenters. The number of hydrogen-bond donors (Lipinski definition) is 1. The summed E-state index contributed by atoms with van der Waals surface area (Å²) >= 11 is 0. The lowest BCUT2D eigenvalue weighted by Crippen LogP contribution is -2.46. The lowest BCUT2D eigenvalue weighted by atomic mass is 9.81. The van der Waals surface area contributed by atoms with Crippen molar-refractivity contribution in [3.05, 3.63) is 0 Å². The number of hydrogen-bond acceptors (Lipinski definition) is 3. The number of carboxylic acids is 1. The highest BCUT2D eigenvalue weighted by atomic mass is 32.2. The normalized spacial score (nSPS) is 36.1. The highest BCUT2D eigenvalue weighted by Crippen LogP contribution is 2.49. The Labute approximate surface area is 119 Å². The molecule has 0 spiro atoms. The number of piperidine rings is 1. The van der Waals surface area contributed by atoms with Gasteiger partial charge >= 0.3 is 5.97 Å². The molecule has 20 heavy (non-hydrogen) atoms. The van der Waals surface area contributed by atoms with E-state index in [1.165, 1.54) is 8.61 Å². The fraction of sp³-hybridized carbons (Fsp3) is 0.923. The first-order valence-corrected chi connectivity index (χ1v) is 8.85. The van der Waals surface area contributed by atoms with Gasteiger partial charge in [0.2, 0.25) is 0 Å². The van der Waals surface area contributed by atoms with Crippen molar-refractivity contribution in [3.63, 3.8) is 0 Å². The quantitative estimate of drug-likeness (QED) is 0.840. The molecule has 114 valence electrons. The van der Waals surface area contributed by atoms with Crippen LogP contribution in [0.5, 0.6) is 0 Å². The van der Waals surface area contributed by atoms with Gasteiger partial charge in [0.05, 0.1) is 5.41 Å².